The number of imidazole rings is 1. The lowest BCUT2D eigenvalue weighted by Crippen LogP contribution is -2.22. The number of rotatable bonds is 6. The number of amides is 1. The van der Waals surface area contributed by atoms with Gasteiger partial charge in [-0.3, -0.25) is 14.6 Å². The molecular formula is C25H23BrN4O2S. The quantitative estimate of drug-likeness (QED) is 0.313. The lowest BCUT2D eigenvalue weighted by molar-refractivity contribution is 0.0944. The zero-order valence-corrected chi connectivity index (χ0v) is 20.3. The topological polar surface area (TPSA) is 90.9 Å². The predicted molar refractivity (Wildman–Crippen MR) is 133 cm³/mol. The molecular weight excluding hydrogens is 500 g/mol. The summed E-state index contributed by atoms with van der Waals surface area (Å²) in [6, 6.07) is 15.2. The van der Waals surface area contributed by atoms with Crippen molar-refractivity contribution in [2.75, 3.05) is 0 Å². The van der Waals surface area contributed by atoms with Crippen LogP contribution in [0.15, 0.2) is 58.5 Å². The van der Waals surface area contributed by atoms with Crippen LogP contribution in [0.5, 0.6) is 0 Å². The van der Waals surface area contributed by atoms with Crippen LogP contribution in [0.2, 0.25) is 0 Å². The molecule has 0 radical (unpaired) electrons. The monoisotopic (exact) mass is 522 g/mol. The van der Waals surface area contributed by atoms with E-state index in [1.807, 2.05) is 36.4 Å². The van der Waals surface area contributed by atoms with Crippen LogP contribution in [0.3, 0.4) is 0 Å². The van der Waals surface area contributed by atoms with Crippen LogP contribution in [0.25, 0.3) is 22.6 Å². The van der Waals surface area contributed by atoms with E-state index in [1.54, 1.807) is 18.3 Å². The molecule has 3 aromatic heterocycles. The van der Waals surface area contributed by atoms with E-state index >= 15 is 0 Å². The minimum atomic E-state index is -0.470. The number of carbonyl (C=O) groups is 2. The zero-order valence-electron chi connectivity index (χ0n) is 17.9. The largest absolute Gasteiger partial charge is 0.366 e. The molecule has 5 rings (SSSR count). The fourth-order valence-electron chi connectivity index (χ4n) is 4.81. The van der Waals surface area contributed by atoms with Crippen molar-refractivity contribution in [3.05, 3.63) is 69.0 Å². The number of thiophene rings is 1. The molecule has 3 heterocycles. The summed E-state index contributed by atoms with van der Waals surface area (Å²) in [6.07, 6.45) is 6.33. The summed E-state index contributed by atoms with van der Waals surface area (Å²) < 4.78 is 3.23. The summed E-state index contributed by atoms with van der Waals surface area (Å²) in [4.78, 5) is 34.8. The van der Waals surface area contributed by atoms with Crippen molar-refractivity contribution >= 4 is 50.0 Å². The van der Waals surface area contributed by atoms with E-state index in [0.717, 1.165) is 56.9 Å². The number of carbonyl (C=O) groups excluding carboxylic acids is 2. The number of Topliss-reactive ketones (excluding diaryl/α,β-unsaturated/α-hetero) is 1. The van der Waals surface area contributed by atoms with Gasteiger partial charge in [0.05, 0.1) is 19.7 Å². The minimum Gasteiger partial charge on any atom is -0.366 e. The van der Waals surface area contributed by atoms with Crippen LogP contribution < -0.4 is 5.73 Å². The number of ketones is 1. The fraction of sp³-hybridized carbons (Fsp3) is 0.280. The highest BCUT2D eigenvalue weighted by atomic mass is 79.9. The molecule has 1 amide bonds. The van der Waals surface area contributed by atoms with Crippen molar-refractivity contribution < 1.29 is 9.59 Å². The molecule has 6 nitrogen and oxygen atoms in total. The second-order valence-corrected chi connectivity index (χ2v) is 11.0. The second-order valence-electron chi connectivity index (χ2n) is 8.51. The smallest absolute Gasteiger partial charge is 0.248 e. The molecule has 2 N–H and O–H groups in total. The fourth-order valence-corrected chi connectivity index (χ4v) is 6.14. The number of fused-ring (bicyclic) bond motifs is 1. The van der Waals surface area contributed by atoms with E-state index in [4.69, 9.17) is 10.7 Å². The highest BCUT2D eigenvalue weighted by molar-refractivity contribution is 9.11. The van der Waals surface area contributed by atoms with Crippen LogP contribution in [-0.4, -0.2) is 26.2 Å². The number of primary amides is 1. The van der Waals surface area contributed by atoms with Gasteiger partial charge in [-0.2, -0.15) is 0 Å². The van der Waals surface area contributed by atoms with Crippen molar-refractivity contribution in [2.24, 2.45) is 11.7 Å². The van der Waals surface area contributed by atoms with Gasteiger partial charge in [0, 0.05) is 24.2 Å². The molecule has 1 fully saturated rings. The number of nitrogens with two attached hydrogens (primary N) is 1. The van der Waals surface area contributed by atoms with E-state index in [-0.39, 0.29) is 11.8 Å². The van der Waals surface area contributed by atoms with Crippen LogP contribution >= 0.6 is 27.3 Å². The third-order valence-corrected chi connectivity index (χ3v) is 7.98. The Morgan fingerprint density at radius 1 is 1.15 bits per heavy atom. The Bertz CT molecular complexity index is 1330. The Labute approximate surface area is 204 Å². The minimum absolute atomic E-state index is 0.202. The maximum absolute atomic E-state index is 12.8. The average molecular weight is 523 g/mol. The summed E-state index contributed by atoms with van der Waals surface area (Å²) in [6.45, 7) is 0. The van der Waals surface area contributed by atoms with Crippen molar-refractivity contribution in [2.45, 2.75) is 38.1 Å². The summed E-state index contributed by atoms with van der Waals surface area (Å²) in [5.74, 6) is 0.840. The van der Waals surface area contributed by atoms with Crippen LogP contribution in [-0.2, 0) is 0 Å². The van der Waals surface area contributed by atoms with E-state index < -0.39 is 5.91 Å². The highest BCUT2D eigenvalue weighted by Crippen LogP contribution is 2.40. The Hall–Kier alpha value is -2.84. The molecule has 1 saturated carbocycles. The molecule has 168 valence electrons. The average Bonchev–Trinajstić information content (AvgIpc) is 3.43. The molecule has 1 aliphatic carbocycles. The molecule has 0 bridgehead atoms. The number of benzene rings is 1. The third kappa shape index (κ3) is 4.50. The van der Waals surface area contributed by atoms with Crippen molar-refractivity contribution in [3.63, 3.8) is 0 Å². The molecule has 1 aromatic carbocycles. The lowest BCUT2D eigenvalue weighted by atomic mass is 9.82. The molecule has 0 aliphatic heterocycles. The van der Waals surface area contributed by atoms with Gasteiger partial charge in [0.2, 0.25) is 5.91 Å². The van der Waals surface area contributed by atoms with Crippen molar-refractivity contribution in [3.8, 4) is 11.5 Å². The number of nitrogens with zero attached hydrogens (tertiary/aromatic N) is 3. The second kappa shape index (κ2) is 9.19. The summed E-state index contributed by atoms with van der Waals surface area (Å²) in [5.41, 5.74) is 8.41. The van der Waals surface area contributed by atoms with Gasteiger partial charge in [0.1, 0.15) is 5.69 Å². The third-order valence-electron chi connectivity index (χ3n) is 6.31. The summed E-state index contributed by atoms with van der Waals surface area (Å²) >= 11 is 4.94. The Morgan fingerprint density at radius 2 is 2.03 bits per heavy atom. The molecule has 8 heteroatoms. The van der Waals surface area contributed by atoms with E-state index in [9.17, 15) is 9.59 Å². The van der Waals surface area contributed by atoms with Crippen molar-refractivity contribution in [1.82, 2.24) is 14.5 Å². The van der Waals surface area contributed by atoms with Crippen LogP contribution in [0, 0.1) is 5.92 Å². The van der Waals surface area contributed by atoms with Gasteiger partial charge in [0.25, 0.3) is 0 Å². The summed E-state index contributed by atoms with van der Waals surface area (Å²) in [7, 11) is 0. The highest BCUT2D eigenvalue weighted by Gasteiger charge is 2.29. The number of hydrogen-bond acceptors (Lipinski definition) is 5. The molecule has 4 aromatic rings. The van der Waals surface area contributed by atoms with Crippen molar-refractivity contribution in [1.29, 1.82) is 0 Å². The Kier molecular flexibility index (Phi) is 6.12. The first-order valence-electron chi connectivity index (χ1n) is 11.0. The van der Waals surface area contributed by atoms with E-state index in [1.165, 1.54) is 11.3 Å². The van der Waals surface area contributed by atoms with E-state index in [2.05, 4.69) is 25.5 Å². The Balaban J connectivity index is 1.49. The maximum Gasteiger partial charge on any atom is 0.248 e. The van der Waals surface area contributed by atoms with Gasteiger partial charge >= 0.3 is 0 Å². The number of aromatic nitrogens is 3. The van der Waals surface area contributed by atoms with Gasteiger partial charge in [-0.05, 0) is 83.6 Å². The van der Waals surface area contributed by atoms with E-state index in [0.29, 0.717) is 17.9 Å². The van der Waals surface area contributed by atoms with Gasteiger partial charge in [0.15, 0.2) is 11.6 Å². The number of pyridine rings is 1. The van der Waals surface area contributed by atoms with Gasteiger partial charge < -0.3 is 10.3 Å². The number of hydrogen-bond donors (Lipinski definition) is 1. The van der Waals surface area contributed by atoms with Gasteiger partial charge in [-0.15, -0.1) is 11.3 Å². The Morgan fingerprint density at radius 3 is 2.76 bits per heavy atom. The molecule has 1 aliphatic rings. The molecule has 33 heavy (non-hydrogen) atoms. The SMILES string of the molecule is NC(=O)c1ccc2c(c1)nc(-c1ccccn1)n2C1CCCC(CC(=O)c2ccc(Br)s2)C1. The van der Waals surface area contributed by atoms with Crippen LogP contribution in [0.4, 0.5) is 0 Å². The standard InChI is InChI=1S/C25H23BrN4O2S/c26-23-10-9-22(33-23)21(31)13-15-4-3-5-17(12-15)30-20-8-7-16(24(27)32)14-19(20)29-25(30)18-6-1-2-11-28-18/h1-2,6-11,14-15,17H,3-5,12-13H2,(H2,27,32). The molecule has 0 saturated heterocycles. The molecule has 0 spiro atoms. The van der Waals surface area contributed by atoms with Crippen LogP contribution in [0.1, 0.15) is 58.2 Å². The lowest BCUT2D eigenvalue weighted by Gasteiger charge is -2.31. The first-order valence-corrected chi connectivity index (χ1v) is 12.6. The van der Waals surface area contributed by atoms with Gasteiger partial charge in [-0.1, -0.05) is 12.5 Å². The predicted octanol–water partition coefficient (Wildman–Crippen LogP) is 6.03. The zero-order chi connectivity index (χ0) is 22.9. The van der Waals surface area contributed by atoms with Gasteiger partial charge in [-0.25, -0.2) is 4.98 Å². The normalized spacial score (nSPS) is 18.5. The number of halogens is 1. The molecule has 2 atom stereocenters. The first-order chi connectivity index (χ1) is 16.0. The first kappa shape index (κ1) is 22.0. The summed E-state index contributed by atoms with van der Waals surface area (Å²) in [5, 5.41) is 0. The molecule has 2 unspecified atom stereocenters. The maximum atomic E-state index is 12.8.